The van der Waals surface area contributed by atoms with Crippen molar-refractivity contribution in [2.45, 2.75) is 64.0 Å². The molecule has 0 radical (unpaired) electrons. The van der Waals surface area contributed by atoms with E-state index in [0.717, 1.165) is 67.3 Å². The maximum atomic E-state index is 14.9. The Hall–Kier alpha value is -3.92. The van der Waals surface area contributed by atoms with Crippen LogP contribution in [0.25, 0.3) is 11.3 Å². The summed E-state index contributed by atoms with van der Waals surface area (Å²) >= 11 is 5.98. The number of hydrogen-bond acceptors (Lipinski definition) is 6. The monoisotopic (exact) mass is 631 g/mol. The molecule has 0 unspecified atom stereocenters. The minimum atomic E-state index is -1.28. The molecule has 0 spiro atoms. The van der Waals surface area contributed by atoms with Crippen molar-refractivity contribution < 1.29 is 28.5 Å². The number of imidazole rings is 1. The number of carboxylic acid groups (broad SMARTS) is 1. The molecule has 3 aliphatic heterocycles. The summed E-state index contributed by atoms with van der Waals surface area (Å²) in [5.74, 6) is -0.202. The molecule has 45 heavy (non-hydrogen) atoms. The lowest BCUT2D eigenvalue weighted by Crippen LogP contribution is -2.35. The Labute approximate surface area is 266 Å². The number of aromatic carboxylic acids is 1. The Morgan fingerprint density at radius 1 is 1.09 bits per heavy atom. The smallest absolute Gasteiger partial charge is 0.335 e. The largest absolute Gasteiger partial charge is 0.478 e. The van der Waals surface area contributed by atoms with Crippen LogP contribution in [0.5, 0.6) is 11.5 Å². The number of piperidine rings is 1. The minimum Gasteiger partial charge on any atom is -0.478 e. The zero-order valence-corrected chi connectivity index (χ0v) is 26.0. The number of benzene rings is 3. The average Bonchev–Trinajstić information content (AvgIpc) is 3.50. The van der Waals surface area contributed by atoms with Gasteiger partial charge in [0.05, 0.1) is 41.7 Å². The van der Waals surface area contributed by atoms with Crippen LogP contribution in [-0.4, -0.2) is 51.3 Å². The first-order chi connectivity index (χ1) is 21.7. The number of hydrogen-bond donors (Lipinski definition) is 1. The third-order valence-electron chi connectivity index (χ3n) is 9.21. The number of fused-ring (bicyclic) bond motifs is 1. The molecule has 4 aromatic rings. The third-order valence-corrected chi connectivity index (χ3v) is 9.44. The normalized spacial score (nSPS) is 21.6. The standard InChI is InChI=1S/C35H35ClFN3O5/c1-21-32(23-5-3-6-24(17-23)34(41)42)40(19-26-13-16-43-26)31(38-21)20-39-14-11-22(12-15-39)27-7-4-8-30-33(27)45-35(2,44-30)28-10-9-25(36)18-29(28)37/h3-10,17-18,22,26H,11-16,19-20H2,1-2H3,(H,41,42)/t26-,35-/m0/s1. The lowest BCUT2D eigenvalue weighted by molar-refractivity contribution is -0.0712. The van der Waals surface area contributed by atoms with Gasteiger partial charge in [0.2, 0.25) is 0 Å². The van der Waals surface area contributed by atoms with Crippen molar-refractivity contribution in [1.29, 1.82) is 0 Å². The van der Waals surface area contributed by atoms with Crippen LogP contribution in [0.1, 0.15) is 65.1 Å². The summed E-state index contributed by atoms with van der Waals surface area (Å²) in [7, 11) is 0. The van der Waals surface area contributed by atoms with E-state index in [9.17, 15) is 14.3 Å². The highest BCUT2D eigenvalue weighted by molar-refractivity contribution is 6.30. The second kappa shape index (κ2) is 11.8. The van der Waals surface area contributed by atoms with Crippen molar-refractivity contribution in [2.75, 3.05) is 19.7 Å². The summed E-state index contributed by atoms with van der Waals surface area (Å²) in [5, 5.41) is 9.90. The predicted molar refractivity (Wildman–Crippen MR) is 167 cm³/mol. The number of nitrogens with zero attached hydrogens (tertiary/aromatic N) is 3. The van der Waals surface area contributed by atoms with E-state index in [4.69, 9.17) is 30.8 Å². The van der Waals surface area contributed by atoms with Gasteiger partial charge in [-0.2, -0.15) is 0 Å². The molecule has 8 nitrogen and oxygen atoms in total. The first-order valence-corrected chi connectivity index (χ1v) is 15.8. The number of para-hydroxylation sites is 1. The van der Waals surface area contributed by atoms with Gasteiger partial charge in [0.1, 0.15) is 11.6 Å². The van der Waals surface area contributed by atoms with Crippen molar-refractivity contribution in [3.8, 4) is 22.8 Å². The number of ether oxygens (including phenoxy) is 3. The molecule has 3 aliphatic rings. The Balaban J connectivity index is 1.08. The van der Waals surface area contributed by atoms with Gasteiger partial charge in [-0.15, -0.1) is 0 Å². The van der Waals surface area contributed by atoms with E-state index < -0.39 is 17.6 Å². The first kappa shape index (κ1) is 29.8. The molecule has 10 heteroatoms. The number of likely N-dealkylation sites (tertiary alicyclic amines) is 1. The van der Waals surface area contributed by atoms with Crippen LogP contribution in [0, 0.1) is 12.7 Å². The molecule has 0 bridgehead atoms. The maximum absolute atomic E-state index is 14.9. The maximum Gasteiger partial charge on any atom is 0.335 e. The number of aromatic nitrogens is 2. The molecule has 1 N–H and O–H groups in total. The van der Waals surface area contributed by atoms with Crippen LogP contribution in [0.3, 0.4) is 0 Å². The molecular weight excluding hydrogens is 597 g/mol. The van der Waals surface area contributed by atoms with Gasteiger partial charge >= 0.3 is 5.97 Å². The summed E-state index contributed by atoms with van der Waals surface area (Å²) in [4.78, 5) is 19.1. The lowest BCUT2D eigenvalue weighted by Gasteiger charge is -2.33. The Bertz CT molecular complexity index is 1760. The molecule has 234 valence electrons. The fourth-order valence-corrected chi connectivity index (χ4v) is 6.94. The van der Waals surface area contributed by atoms with Crippen LogP contribution in [0.15, 0.2) is 60.7 Å². The van der Waals surface area contributed by atoms with E-state index in [1.165, 1.54) is 6.07 Å². The summed E-state index contributed by atoms with van der Waals surface area (Å²) in [5.41, 5.74) is 4.29. The Morgan fingerprint density at radius 3 is 2.58 bits per heavy atom. The van der Waals surface area contributed by atoms with E-state index in [2.05, 4.69) is 15.5 Å². The molecule has 2 fully saturated rings. The zero-order chi connectivity index (χ0) is 31.3. The van der Waals surface area contributed by atoms with E-state index in [1.54, 1.807) is 37.3 Å². The number of carbonyl (C=O) groups is 1. The Kier molecular flexibility index (Phi) is 7.79. The van der Waals surface area contributed by atoms with Crippen LogP contribution in [0.4, 0.5) is 4.39 Å². The summed E-state index contributed by atoms with van der Waals surface area (Å²) in [6.07, 6.45) is 2.96. The van der Waals surface area contributed by atoms with Crippen molar-refractivity contribution >= 4 is 17.6 Å². The molecule has 0 aliphatic carbocycles. The van der Waals surface area contributed by atoms with Crippen molar-refractivity contribution in [3.63, 3.8) is 0 Å². The summed E-state index contributed by atoms with van der Waals surface area (Å²) in [6.45, 7) is 7.58. The first-order valence-electron chi connectivity index (χ1n) is 15.4. The molecule has 3 aromatic carbocycles. The average molecular weight is 632 g/mol. The molecule has 0 saturated carbocycles. The number of carboxylic acids is 1. The minimum absolute atomic E-state index is 0.124. The molecule has 1 aromatic heterocycles. The number of aryl methyl sites for hydroxylation is 1. The van der Waals surface area contributed by atoms with Gasteiger partial charge in [-0.25, -0.2) is 14.2 Å². The highest BCUT2D eigenvalue weighted by Crippen LogP contribution is 2.50. The molecule has 7 rings (SSSR count). The van der Waals surface area contributed by atoms with Crippen molar-refractivity contribution in [2.24, 2.45) is 0 Å². The predicted octanol–water partition coefficient (Wildman–Crippen LogP) is 7.16. The lowest BCUT2D eigenvalue weighted by atomic mass is 9.88. The van der Waals surface area contributed by atoms with Gasteiger partial charge in [-0.1, -0.05) is 35.9 Å². The molecule has 0 amide bonds. The molecule has 2 saturated heterocycles. The van der Waals surface area contributed by atoms with Gasteiger partial charge < -0.3 is 23.9 Å². The van der Waals surface area contributed by atoms with Crippen molar-refractivity contribution in [3.05, 3.63) is 99.7 Å². The SMILES string of the molecule is Cc1nc(CN2CCC(c3cccc4c3O[C@@](C)(c3ccc(Cl)cc3F)O4)CC2)n(C[C@@H]2CCO2)c1-c1cccc(C(=O)O)c1. The fraction of sp³-hybridized carbons (Fsp3) is 0.371. The van der Waals surface area contributed by atoms with Gasteiger partial charge in [0.25, 0.3) is 5.79 Å². The van der Waals surface area contributed by atoms with Crippen LogP contribution in [0.2, 0.25) is 5.02 Å². The second-order valence-electron chi connectivity index (χ2n) is 12.2. The van der Waals surface area contributed by atoms with Crippen LogP contribution < -0.4 is 9.47 Å². The topological polar surface area (TPSA) is 86.0 Å². The Morgan fingerprint density at radius 2 is 1.87 bits per heavy atom. The van der Waals surface area contributed by atoms with E-state index >= 15 is 0 Å². The van der Waals surface area contributed by atoms with Gasteiger partial charge in [0, 0.05) is 29.7 Å². The quantitative estimate of drug-likeness (QED) is 0.221. The van der Waals surface area contributed by atoms with Crippen molar-refractivity contribution in [1.82, 2.24) is 14.5 Å². The van der Waals surface area contributed by atoms with Gasteiger partial charge in [-0.05, 0) is 81.6 Å². The zero-order valence-electron chi connectivity index (χ0n) is 25.3. The van der Waals surface area contributed by atoms with Crippen LogP contribution in [-0.2, 0) is 23.6 Å². The summed E-state index contributed by atoms with van der Waals surface area (Å²) < 4.78 is 35.4. The van der Waals surface area contributed by atoms with E-state index in [1.807, 2.05) is 25.1 Å². The van der Waals surface area contributed by atoms with E-state index in [-0.39, 0.29) is 17.6 Å². The van der Waals surface area contributed by atoms with Gasteiger partial charge in [0.15, 0.2) is 11.5 Å². The van der Waals surface area contributed by atoms with E-state index in [0.29, 0.717) is 35.2 Å². The fourth-order valence-electron chi connectivity index (χ4n) is 6.78. The number of rotatable bonds is 8. The highest BCUT2D eigenvalue weighted by Gasteiger charge is 2.43. The highest BCUT2D eigenvalue weighted by atomic mass is 35.5. The van der Waals surface area contributed by atoms with Gasteiger partial charge in [-0.3, -0.25) is 4.90 Å². The second-order valence-corrected chi connectivity index (χ2v) is 12.7. The third kappa shape index (κ3) is 5.69. The molecular formula is C35H35ClFN3O5. The number of halogens is 2. The molecule has 2 atom stereocenters. The summed E-state index contributed by atoms with van der Waals surface area (Å²) in [6, 6.07) is 17.5. The molecule has 4 heterocycles. The van der Waals surface area contributed by atoms with Crippen LogP contribution >= 0.6 is 11.6 Å².